The van der Waals surface area contributed by atoms with E-state index >= 15 is 0 Å². The lowest BCUT2D eigenvalue weighted by Crippen LogP contribution is -2.13. The molecule has 2 aromatic carbocycles. The third kappa shape index (κ3) is 3.75. The van der Waals surface area contributed by atoms with Crippen LogP contribution in [-0.4, -0.2) is 27.9 Å². The first kappa shape index (κ1) is 18.2. The van der Waals surface area contributed by atoms with Gasteiger partial charge in [-0.25, -0.2) is 5.43 Å². The number of para-hydroxylation sites is 1. The minimum Gasteiger partial charge on any atom is -0.396 e. The van der Waals surface area contributed by atoms with Gasteiger partial charge in [0.2, 0.25) is 0 Å². The number of nitrogens with zero attached hydrogens (tertiary/aromatic N) is 2. The number of aliphatic hydroxyl groups excluding tert-OH is 1. The molecule has 0 atom stereocenters. The maximum Gasteiger partial charge on any atom is 0.273 e. The third-order valence-electron chi connectivity index (χ3n) is 4.99. The highest BCUT2D eigenvalue weighted by Gasteiger charge is 2.23. The van der Waals surface area contributed by atoms with E-state index in [1.165, 1.54) is 0 Å². The molecule has 0 radical (unpaired) electrons. The van der Waals surface area contributed by atoms with Crippen molar-refractivity contribution in [3.8, 4) is 0 Å². The first-order chi connectivity index (χ1) is 13.8. The first-order valence-corrected chi connectivity index (χ1v) is 9.58. The summed E-state index contributed by atoms with van der Waals surface area (Å²) in [4.78, 5) is 12.4. The maximum absolute atomic E-state index is 12.4. The molecule has 0 bridgehead atoms. The summed E-state index contributed by atoms with van der Waals surface area (Å²) in [6, 6.07) is 18.2. The van der Waals surface area contributed by atoms with E-state index < -0.39 is 0 Å². The number of amides is 1. The van der Waals surface area contributed by atoms with Crippen LogP contribution in [0, 0.1) is 0 Å². The standard InChI is InChI=1S/C23H23N3O2/c27-13-7-6-12-26-16-18(19-10-4-5-11-22(19)26)15-20-21(24-25-23(20)28)14-17-8-2-1-3-9-17/h1-5,8-11,15-16,27H,6-7,12-14H2,(H,25,28). The minimum absolute atomic E-state index is 0.164. The van der Waals surface area contributed by atoms with Gasteiger partial charge in [0.05, 0.1) is 11.3 Å². The predicted molar refractivity (Wildman–Crippen MR) is 112 cm³/mol. The number of hydrazone groups is 1. The van der Waals surface area contributed by atoms with Gasteiger partial charge < -0.3 is 9.67 Å². The topological polar surface area (TPSA) is 66.6 Å². The number of aromatic nitrogens is 1. The number of unbranched alkanes of at least 4 members (excludes halogenated alkanes) is 1. The SMILES string of the molecule is O=C1NN=C(Cc2ccccc2)C1=Cc1cn(CCCCO)c2ccccc12. The number of rotatable bonds is 7. The Kier molecular flexibility index (Phi) is 5.35. The van der Waals surface area contributed by atoms with Gasteiger partial charge >= 0.3 is 0 Å². The monoisotopic (exact) mass is 373 g/mol. The molecule has 0 unspecified atom stereocenters. The van der Waals surface area contributed by atoms with E-state index in [2.05, 4.69) is 33.4 Å². The van der Waals surface area contributed by atoms with Crippen molar-refractivity contribution in [2.75, 3.05) is 6.61 Å². The number of aliphatic hydroxyl groups is 1. The molecule has 0 saturated carbocycles. The lowest BCUT2D eigenvalue weighted by molar-refractivity contribution is -0.116. The second-order valence-corrected chi connectivity index (χ2v) is 6.95. The molecule has 0 saturated heterocycles. The smallest absolute Gasteiger partial charge is 0.273 e. The summed E-state index contributed by atoms with van der Waals surface area (Å²) in [6.07, 6.45) is 6.32. The van der Waals surface area contributed by atoms with Gasteiger partial charge in [-0.05, 0) is 30.5 Å². The van der Waals surface area contributed by atoms with Crippen LogP contribution in [0.1, 0.15) is 24.0 Å². The van der Waals surface area contributed by atoms with Crippen LogP contribution in [-0.2, 0) is 17.8 Å². The van der Waals surface area contributed by atoms with E-state index in [9.17, 15) is 4.79 Å². The normalized spacial score (nSPS) is 15.2. The first-order valence-electron chi connectivity index (χ1n) is 9.58. The molecule has 1 aromatic heterocycles. The average Bonchev–Trinajstić information content (AvgIpc) is 3.25. The average molecular weight is 373 g/mol. The zero-order chi connectivity index (χ0) is 19.3. The summed E-state index contributed by atoms with van der Waals surface area (Å²) >= 11 is 0. The van der Waals surface area contributed by atoms with Crippen LogP contribution in [0.5, 0.6) is 0 Å². The molecule has 0 fully saturated rings. The van der Waals surface area contributed by atoms with Crippen molar-refractivity contribution in [3.05, 3.63) is 77.5 Å². The van der Waals surface area contributed by atoms with Crippen molar-refractivity contribution in [2.24, 2.45) is 5.10 Å². The van der Waals surface area contributed by atoms with Crippen molar-refractivity contribution < 1.29 is 9.90 Å². The van der Waals surface area contributed by atoms with Gasteiger partial charge in [-0.2, -0.15) is 5.10 Å². The number of hydrogen-bond donors (Lipinski definition) is 2. The van der Waals surface area contributed by atoms with E-state index in [0.717, 1.165) is 47.1 Å². The maximum atomic E-state index is 12.4. The van der Waals surface area contributed by atoms with Crippen molar-refractivity contribution in [1.82, 2.24) is 9.99 Å². The van der Waals surface area contributed by atoms with E-state index in [0.29, 0.717) is 12.0 Å². The highest BCUT2D eigenvalue weighted by Crippen LogP contribution is 2.25. The number of carbonyl (C=O) groups excluding carboxylic acids is 1. The fraction of sp³-hybridized carbons (Fsp3) is 0.217. The molecule has 3 aromatic rings. The Morgan fingerprint density at radius 1 is 1.04 bits per heavy atom. The van der Waals surface area contributed by atoms with Gasteiger partial charge in [0.1, 0.15) is 0 Å². The van der Waals surface area contributed by atoms with E-state index in [1.54, 1.807) is 0 Å². The molecule has 28 heavy (non-hydrogen) atoms. The van der Waals surface area contributed by atoms with Gasteiger partial charge in [-0.15, -0.1) is 0 Å². The molecule has 1 aliphatic rings. The van der Waals surface area contributed by atoms with Crippen LogP contribution >= 0.6 is 0 Å². The fourth-order valence-corrected chi connectivity index (χ4v) is 3.57. The van der Waals surface area contributed by atoms with Crippen LogP contribution in [0.15, 0.2) is 71.5 Å². The molecule has 142 valence electrons. The highest BCUT2D eigenvalue weighted by atomic mass is 16.2. The van der Waals surface area contributed by atoms with Crippen molar-refractivity contribution in [1.29, 1.82) is 0 Å². The Hall–Kier alpha value is -3.18. The minimum atomic E-state index is -0.164. The lowest BCUT2D eigenvalue weighted by atomic mass is 10.0. The van der Waals surface area contributed by atoms with Crippen LogP contribution < -0.4 is 5.43 Å². The Labute approximate surface area is 164 Å². The summed E-state index contributed by atoms with van der Waals surface area (Å²) in [5.41, 5.74) is 7.23. The molecule has 1 aliphatic heterocycles. The molecule has 2 N–H and O–H groups in total. The van der Waals surface area contributed by atoms with Crippen LogP contribution in [0.4, 0.5) is 0 Å². The molecular weight excluding hydrogens is 350 g/mol. The van der Waals surface area contributed by atoms with Crippen molar-refractivity contribution in [2.45, 2.75) is 25.8 Å². The summed E-state index contributed by atoms with van der Waals surface area (Å²) in [7, 11) is 0. The molecule has 5 heteroatoms. The molecule has 5 nitrogen and oxygen atoms in total. The second-order valence-electron chi connectivity index (χ2n) is 6.95. The van der Waals surface area contributed by atoms with Gasteiger partial charge in [0, 0.05) is 42.2 Å². The van der Waals surface area contributed by atoms with Gasteiger partial charge in [0.15, 0.2) is 0 Å². The lowest BCUT2D eigenvalue weighted by Gasteiger charge is -2.03. The van der Waals surface area contributed by atoms with Gasteiger partial charge in [0.25, 0.3) is 5.91 Å². The van der Waals surface area contributed by atoms with E-state index in [-0.39, 0.29) is 12.5 Å². The van der Waals surface area contributed by atoms with Crippen LogP contribution in [0.2, 0.25) is 0 Å². The molecule has 0 aliphatic carbocycles. The van der Waals surface area contributed by atoms with Gasteiger partial charge in [-0.3, -0.25) is 4.79 Å². The van der Waals surface area contributed by atoms with Crippen LogP contribution in [0.25, 0.3) is 17.0 Å². The zero-order valence-corrected chi connectivity index (χ0v) is 15.6. The van der Waals surface area contributed by atoms with E-state index in [4.69, 9.17) is 5.11 Å². The summed E-state index contributed by atoms with van der Waals surface area (Å²) in [5, 5.41) is 14.4. The molecule has 1 amide bonds. The Morgan fingerprint density at radius 2 is 1.82 bits per heavy atom. The second kappa shape index (κ2) is 8.23. The third-order valence-corrected chi connectivity index (χ3v) is 4.99. The fourth-order valence-electron chi connectivity index (χ4n) is 3.57. The summed E-state index contributed by atoms with van der Waals surface area (Å²) < 4.78 is 2.19. The number of benzene rings is 2. The number of carbonyl (C=O) groups is 1. The molecular formula is C23H23N3O2. The predicted octanol–water partition coefficient (Wildman–Crippen LogP) is 3.53. The van der Waals surface area contributed by atoms with E-state index in [1.807, 2.05) is 48.5 Å². The Bertz CT molecular complexity index is 1050. The largest absolute Gasteiger partial charge is 0.396 e. The van der Waals surface area contributed by atoms with Crippen molar-refractivity contribution >= 4 is 28.6 Å². The highest BCUT2D eigenvalue weighted by molar-refractivity contribution is 6.28. The van der Waals surface area contributed by atoms with Crippen LogP contribution in [0.3, 0.4) is 0 Å². The Morgan fingerprint density at radius 3 is 2.64 bits per heavy atom. The number of hydrogen-bond acceptors (Lipinski definition) is 3. The zero-order valence-electron chi connectivity index (χ0n) is 15.6. The summed E-state index contributed by atoms with van der Waals surface area (Å²) in [6.45, 7) is 1.04. The molecule has 0 spiro atoms. The number of aryl methyl sites for hydroxylation is 1. The van der Waals surface area contributed by atoms with Gasteiger partial charge in [-0.1, -0.05) is 48.5 Å². The number of nitrogens with one attached hydrogen (secondary N) is 1. The number of fused-ring (bicyclic) bond motifs is 1. The molecule has 4 rings (SSSR count). The van der Waals surface area contributed by atoms with Crippen molar-refractivity contribution in [3.63, 3.8) is 0 Å². The quantitative estimate of drug-likeness (QED) is 0.491. The summed E-state index contributed by atoms with van der Waals surface area (Å²) in [5.74, 6) is -0.164. The Balaban J connectivity index is 1.68. The molecule has 2 heterocycles.